The Morgan fingerprint density at radius 2 is 1.96 bits per heavy atom. The molecular weight excluding hydrogens is 296 g/mol. The summed E-state index contributed by atoms with van der Waals surface area (Å²) >= 11 is 0. The monoisotopic (exact) mass is 318 g/mol. The summed E-state index contributed by atoms with van der Waals surface area (Å²) in [5.41, 5.74) is 1.07. The van der Waals surface area contributed by atoms with Crippen molar-refractivity contribution in [3.8, 4) is 0 Å². The van der Waals surface area contributed by atoms with Crippen molar-refractivity contribution in [2.24, 2.45) is 0 Å². The number of hydrogen-bond donors (Lipinski definition) is 0. The third kappa shape index (κ3) is 3.83. The molecule has 0 unspecified atom stereocenters. The van der Waals surface area contributed by atoms with Gasteiger partial charge in [-0.2, -0.15) is 0 Å². The Hall–Kier alpha value is -2.06. The van der Waals surface area contributed by atoms with Gasteiger partial charge in [-0.1, -0.05) is 0 Å². The molecule has 0 aliphatic carbocycles. The standard InChI is InChI=1S/C15H22N6O2/c1-10-7-21(8-12-5-16-15(17-6-12)20(3)4)9-13(22-10)14-19-18-11(2)23-14/h5-6,10,13H,7-9H2,1-4H3/t10-,13-/m1/s1. The van der Waals surface area contributed by atoms with E-state index in [9.17, 15) is 0 Å². The molecule has 2 aromatic rings. The zero-order valence-corrected chi connectivity index (χ0v) is 13.9. The van der Waals surface area contributed by atoms with Gasteiger partial charge in [0.05, 0.1) is 6.10 Å². The van der Waals surface area contributed by atoms with Crippen LogP contribution in [0.1, 0.15) is 30.4 Å². The second kappa shape index (κ2) is 6.59. The van der Waals surface area contributed by atoms with Crippen molar-refractivity contribution in [3.63, 3.8) is 0 Å². The molecule has 23 heavy (non-hydrogen) atoms. The summed E-state index contributed by atoms with van der Waals surface area (Å²) in [5.74, 6) is 1.81. The summed E-state index contributed by atoms with van der Waals surface area (Å²) in [6.45, 7) is 6.16. The maximum absolute atomic E-state index is 5.93. The highest BCUT2D eigenvalue weighted by Gasteiger charge is 2.30. The first-order chi connectivity index (χ1) is 11.0. The molecule has 0 saturated carbocycles. The van der Waals surface area contributed by atoms with E-state index in [1.54, 1.807) is 6.92 Å². The largest absolute Gasteiger partial charge is 0.423 e. The third-order valence-corrected chi connectivity index (χ3v) is 3.65. The van der Waals surface area contributed by atoms with Crippen molar-refractivity contribution in [1.82, 2.24) is 25.1 Å². The number of ether oxygens (including phenoxy) is 1. The molecule has 1 aliphatic heterocycles. The van der Waals surface area contributed by atoms with E-state index in [1.165, 1.54) is 0 Å². The van der Waals surface area contributed by atoms with Crippen LogP contribution < -0.4 is 4.90 Å². The molecule has 0 spiro atoms. The highest BCUT2D eigenvalue weighted by atomic mass is 16.5. The van der Waals surface area contributed by atoms with Gasteiger partial charge >= 0.3 is 0 Å². The lowest BCUT2D eigenvalue weighted by molar-refractivity contribution is -0.0918. The highest BCUT2D eigenvalue weighted by Crippen LogP contribution is 2.25. The van der Waals surface area contributed by atoms with Gasteiger partial charge in [0.1, 0.15) is 6.10 Å². The first-order valence-electron chi connectivity index (χ1n) is 7.67. The van der Waals surface area contributed by atoms with Gasteiger partial charge in [0.2, 0.25) is 17.7 Å². The van der Waals surface area contributed by atoms with Gasteiger partial charge in [0, 0.05) is 58.6 Å². The Morgan fingerprint density at radius 3 is 2.57 bits per heavy atom. The zero-order valence-electron chi connectivity index (χ0n) is 13.9. The molecule has 1 aliphatic rings. The van der Waals surface area contributed by atoms with E-state index >= 15 is 0 Å². The molecule has 0 amide bonds. The number of rotatable bonds is 4. The minimum atomic E-state index is -0.193. The van der Waals surface area contributed by atoms with Crippen molar-refractivity contribution < 1.29 is 9.15 Å². The Kier molecular flexibility index (Phi) is 4.53. The van der Waals surface area contributed by atoms with Crippen LogP contribution in [-0.2, 0) is 11.3 Å². The quantitative estimate of drug-likeness (QED) is 0.832. The van der Waals surface area contributed by atoms with E-state index in [4.69, 9.17) is 9.15 Å². The fraction of sp³-hybridized carbons (Fsp3) is 0.600. The van der Waals surface area contributed by atoms with Crippen molar-refractivity contribution >= 4 is 5.95 Å². The number of aryl methyl sites for hydroxylation is 1. The van der Waals surface area contributed by atoms with Crippen molar-refractivity contribution in [1.29, 1.82) is 0 Å². The van der Waals surface area contributed by atoms with E-state index in [2.05, 4.69) is 25.1 Å². The molecule has 3 rings (SSSR count). The average molecular weight is 318 g/mol. The predicted molar refractivity (Wildman–Crippen MR) is 84.0 cm³/mol. The summed E-state index contributed by atoms with van der Waals surface area (Å²) in [4.78, 5) is 12.9. The molecule has 8 heteroatoms. The van der Waals surface area contributed by atoms with Crippen LogP contribution in [0.2, 0.25) is 0 Å². The van der Waals surface area contributed by atoms with E-state index < -0.39 is 0 Å². The summed E-state index contributed by atoms with van der Waals surface area (Å²) in [6, 6.07) is 0. The maximum atomic E-state index is 5.93. The first kappa shape index (κ1) is 15.8. The van der Waals surface area contributed by atoms with Gasteiger partial charge in [-0.05, 0) is 6.92 Å². The number of morpholine rings is 1. The molecule has 1 fully saturated rings. The molecule has 0 N–H and O–H groups in total. The molecule has 0 radical (unpaired) electrons. The predicted octanol–water partition coefficient (Wildman–Crippen LogP) is 1.20. The second-order valence-corrected chi connectivity index (χ2v) is 6.07. The van der Waals surface area contributed by atoms with E-state index in [-0.39, 0.29) is 12.2 Å². The number of hydrogen-bond acceptors (Lipinski definition) is 8. The summed E-state index contributed by atoms with van der Waals surface area (Å²) in [7, 11) is 3.85. The van der Waals surface area contributed by atoms with Gasteiger partial charge in [-0.3, -0.25) is 4.90 Å². The fourth-order valence-corrected chi connectivity index (χ4v) is 2.67. The van der Waals surface area contributed by atoms with Gasteiger partial charge in [0.25, 0.3) is 0 Å². The van der Waals surface area contributed by atoms with Crippen molar-refractivity contribution in [2.75, 3.05) is 32.1 Å². The molecule has 0 aromatic carbocycles. The zero-order chi connectivity index (χ0) is 16.4. The normalized spacial score (nSPS) is 22.3. The minimum Gasteiger partial charge on any atom is -0.423 e. The summed E-state index contributed by atoms with van der Waals surface area (Å²) in [6.07, 6.45) is 3.65. The Labute approximate surface area is 135 Å². The van der Waals surface area contributed by atoms with Gasteiger partial charge in [0.15, 0.2) is 0 Å². The molecule has 8 nitrogen and oxygen atoms in total. The van der Waals surface area contributed by atoms with Crippen molar-refractivity contribution in [2.45, 2.75) is 32.6 Å². The lowest BCUT2D eigenvalue weighted by atomic mass is 10.2. The van der Waals surface area contributed by atoms with Gasteiger partial charge < -0.3 is 14.1 Å². The Bertz CT molecular complexity index is 642. The summed E-state index contributed by atoms with van der Waals surface area (Å²) in [5, 5.41) is 7.96. The molecule has 2 aromatic heterocycles. The Morgan fingerprint density at radius 1 is 1.22 bits per heavy atom. The van der Waals surface area contributed by atoms with E-state index in [0.29, 0.717) is 24.3 Å². The third-order valence-electron chi connectivity index (χ3n) is 3.65. The van der Waals surface area contributed by atoms with E-state index in [0.717, 1.165) is 18.7 Å². The lowest BCUT2D eigenvalue weighted by Gasteiger charge is -2.35. The van der Waals surface area contributed by atoms with Gasteiger partial charge in [-0.15, -0.1) is 10.2 Å². The topological polar surface area (TPSA) is 80.4 Å². The SMILES string of the molecule is Cc1nnc([C@H]2CN(Cc3cnc(N(C)C)nc3)C[C@@H](C)O2)o1. The van der Waals surface area contributed by atoms with E-state index in [1.807, 2.05) is 38.3 Å². The molecule has 3 heterocycles. The smallest absolute Gasteiger partial charge is 0.246 e. The van der Waals surface area contributed by atoms with Crippen LogP contribution in [0.5, 0.6) is 0 Å². The average Bonchev–Trinajstić information content (AvgIpc) is 2.94. The molecular formula is C15H22N6O2. The number of anilines is 1. The van der Waals surface area contributed by atoms with Gasteiger partial charge in [-0.25, -0.2) is 9.97 Å². The van der Waals surface area contributed by atoms with Crippen LogP contribution in [0, 0.1) is 6.92 Å². The first-order valence-corrected chi connectivity index (χ1v) is 7.67. The highest BCUT2D eigenvalue weighted by molar-refractivity contribution is 5.26. The Balaban J connectivity index is 1.67. The maximum Gasteiger partial charge on any atom is 0.246 e. The van der Waals surface area contributed by atoms with Crippen molar-refractivity contribution in [3.05, 3.63) is 29.7 Å². The number of aromatic nitrogens is 4. The minimum absolute atomic E-state index is 0.0999. The molecule has 124 valence electrons. The molecule has 2 atom stereocenters. The van der Waals surface area contributed by atoms with Crippen LogP contribution in [0.4, 0.5) is 5.95 Å². The second-order valence-electron chi connectivity index (χ2n) is 6.07. The van der Waals surface area contributed by atoms with Crippen LogP contribution in [-0.4, -0.2) is 58.4 Å². The van der Waals surface area contributed by atoms with Crippen LogP contribution >= 0.6 is 0 Å². The summed E-state index contributed by atoms with van der Waals surface area (Å²) < 4.78 is 11.4. The molecule has 0 bridgehead atoms. The molecule has 1 saturated heterocycles. The van der Waals surface area contributed by atoms with Crippen LogP contribution in [0.25, 0.3) is 0 Å². The lowest BCUT2D eigenvalue weighted by Crippen LogP contribution is -2.42. The van der Waals surface area contributed by atoms with Crippen LogP contribution in [0.3, 0.4) is 0 Å². The number of nitrogens with zero attached hydrogens (tertiary/aromatic N) is 6. The van der Waals surface area contributed by atoms with Crippen LogP contribution in [0.15, 0.2) is 16.8 Å². The fourth-order valence-electron chi connectivity index (χ4n) is 2.67.